The standard InChI is InChI=1S/C47H69N11O8/c1-5-6-18-37(56-30(4)59)45(65)55-29(3)43(63)57-38(20-12-21-48)46(66)58-39(23-31-14-8-7-9-15-31)41(61)25-32(16-13-22-52-47(50)51)44(64)54-28(2)40(60)26-33(42(49)62)24-34-27-53-36-19-11-10-17-35(34)36/h7-11,14-15,17,19,27-29,32-33,37-39,53H,5-6,12-13,16,18,20-26,48H2,1-4H3,(H2,49,62)(H,54,64)(H,55,65)(H,56,59)(H,57,63)(H,58,66)(H4,50,51,52)/t28-,29-,32+,33+,37-,38-,39+/m0/s1. The van der Waals surface area contributed by atoms with Crippen LogP contribution in [0.1, 0.15) is 96.6 Å². The van der Waals surface area contributed by atoms with Crippen LogP contribution in [0.3, 0.4) is 0 Å². The number of nitrogens with one attached hydrogen (secondary N) is 6. The summed E-state index contributed by atoms with van der Waals surface area (Å²) in [6.45, 7) is 6.53. The van der Waals surface area contributed by atoms with Gasteiger partial charge in [0.15, 0.2) is 17.5 Å². The maximum atomic E-state index is 14.4. The summed E-state index contributed by atoms with van der Waals surface area (Å²) >= 11 is 0. The minimum Gasteiger partial charge on any atom is -0.370 e. The van der Waals surface area contributed by atoms with Crippen LogP contribution in [0.5, 0.6) is 0 Å². The van der Waals surface area contributed by atoms with Crippen molar-refractivity contribution in [3.05, 3.63) is 71.9 Å². The lowest BCUT2D eigenvalue weighted by atomic mass is 9.89. The highest BCUT2D eigenvalue weighted by Gasteiger charge is 2.33. The lowest BCUT2D eigenvalue weighted by Gasteiger charge is -2.26. The molecule has 0 fully saturated rings. The molecule has 6 amide bonds. The molecular weight excluding hydrogens is 847 g/mol. The van der Waals surface area contributed by atoms with E-state index in [0.717, 1.165) is 22.9 Å². The predicted octanol–water partition coefficient (Wildman–Crippen LogP) is 1.06. The number of primary amides is 1. The summed E-state index contributed by atoms with van der Waals surface area (Å²) in [6.07, 6.45) is 4.10. The summed E-state index contributed by atoms with van der Waals surface area (Å²) in [6, 6.07) is 11.1. The molecule has 19 heteroatoms. The topological polar surface area (TPSA) is 329 Å². The van der Waals surface area contributed by atoms with Gasteiger partial charge in [-0.25, -0.2) is 0 Å². The van der Waals surface area contributed by atoms with Gasteiger partial charge in [0.25, 0.3) is 0 Å². The Kier molecular flexibility index (Phi) is 22.5. The molecule has 0 unspecified atom stereocenters. The zero-order valence-electron chi connectivity index (χ0n) is 38.5. The van der Waals surface area contributed by atoms with Gasteiger partial charge >= 0.3 is 0 Å². The fourth-order valence-electron chi connectivity index (χ4n) is 7.48. The number of ketones is 2. The summed E-state index contributed by atoms with van der Waals surface area (Å²) in [5.41, 5.74) is 25.0. The first kappa shape index (κ1) is 53.7. The molecule has 0 radical (unpaired) electrons. The lowest BCUT2D eigenvalue weighted by Crippen LogP contribution is -2.57. The van der Waals surface area contributed by atoms with Crippen molar-refractivity contribution < 1.29 is 38.4 Å². The Bertz CT molecular complexity index is 2140. The van der Waals surface area contributed by atoms with Crippen LogP contribution in [-0.4, -0.2) is 101 Å². The van der Waals surface area contributed by atoms with Gasteiger partial charge in [-0.1, -0.05) is 68.3 Å². The van der Waals surface area contributed by atoms with E-state index in [2.05, 4.69) is 36.6 Å². The molecule has 2 aromatic carbocycles. The molecule has 0 aliphatic carbocycles. The van der Waals surface area contributed by atoms with E-state index < -0.39 is 89.1 Å². The van der Waals surface area contributed by atoms with Crippen molar-refractivity contribution in [3.8, 4) is 0 Å². The van der Waals surface area contributed by atoms with Crippen molar-refractivity contribution >= 4 is 63.9 Å². The number of para-hydroxylation sites is 1. The molecule has 66 heavy (non-hydrogen) atoms. The van der Waals surface area contributed by atoms with Gasteiger partial charge in [-0.2, -0.15) is 0 Å². The normalized spacial score (nSPS) is 14.3. The average Bonchev–Trinajstić information content (AvgIpc) is 3.69. The van der Waals surface area contributed by atoms with E-state index in [4.69, 9.17) is 22.9 Å². The van der Waals surface area contributed by atoms with Crippen LogP contribution in [0, 0.1) is 11.8 Å². The fraction of sp³-hybridized carbons (Fsp3) is 0.511. The highest BCUT2D eigenvalue weighted by molar-refractivity contribution is 5.98. The van der Waals surface area contributed by atoms with E-state index in [1.54, 1.807) is 36.5 Å². The molecule has 1 aromatic heterocycles. The molecule has 0 aliphatic rings. The molecule has 0 saturated carbocycles. The number of aromatic nitrogens is 1. The van der Waals surface area contributed by atoms with Crippen molar-refractivity contribution in [3.63, 3.8) is 0 Å². The van der Waals surface area contributed by atoms with Crippen LogP contribution in [-0.2, 0) is 51.2 Å². The van der Waals surface area contributed by atoms with Crippen LogP contribution in [0.4, 0.5) is 0 Å². The number of carbonyl (C=O) groups is 8. The maximum Gasteiger partial charge on any atom is 0.243 e. The Hall–Kier alpha value is -6.63. The molecular formula is C47H69N11O8. The van der Waals surface area contributed by atoms with Gasteiger partial charge in [0.2, 0.25) is 35.4 Å². The van der Waals surface area contributed by atoms with Crippen LogP contribution in [0.15, 0.2) is 65.8 Å². The van der Waals surface area contributed by atoms with E-state index in [1.807, 2.05) is 31.2 Å². The van der Waals surface area contributed by atoms with Crippen molar-refractivity contribution in [2.24, 2.45) is 39.8 Å². The second kappa shape index (κ2) is 27.6. The predicted molar refractivity (Wildman–Crippen MR) is 252 cm³/mol. The number of rotatable bonds is 30. The third-order valence-corrected chi connectivity index (χ3v) is 11.3. The van der Waals surface area contributed by atoms with Gasteiger partial charge in [-0.05, 0) is 82.5 Å². The average molecular weight is 916 g/mol. The zero-order valence-corrected chi connectivity index (χ0v) is 38.5. The van der Waals surface area contributed by atoms with Crippen molar-refractivity contribution in [2.75, 3.05) is 13.1 Å². The molecule has 0 aliphatic heterocycles. The quantitative estimate of drug-likeness (QED) is 0.0256. The monoisotopic (exact) mass is 916 g/mol. The van der Waals surface area contributed by atoms with Gasteiger partial charge in [0, 0.05) is 55.2 Å². The number of aromatic amines is 1. The first-order chi connectivity index (χ1) is 31.4. The first-order valence-electron chi connectivity index (χ1n) is 22.6. The molecule has 3 rings (SSSR count). The fourth-order valence-corrected chi connectivity index (χ4v) is 7.48. The number of amides is 6. The molecule has 360 valence electrons. The van der Waals surface area contributed by atoms with Crippen LogP contribution in [0.2, 0.25) is 0 Å². The van der Waals surface area contributed by atoms with Gasteiger partial charge in [-0.3, -0.25) is 43.3 Å². The lowest BCUT2D eigenvalue weighted by molar-refractivity contribution is -0.135. The van der Waals surface area contributed by atoms with Crippen LogP contribution < -0.4 is 49.5 Å². The van der Waals surface area contributed by atoms with E-state index >= 15 is 0 Å². The molecule has 0 spiro atoms. The van der Waals surface area contributed by atoms with Crippen LogP contribution in [0.25, 0.3) is 10.9 Å². The smallest absolute Gasteiger partial charge is 0.243 e. The number of hydrogen-bond acceptors (Lipinski definition) is 10. The van der Waals surface area contributed by atoms with E-state index in [-0.39, 0.29) is 57.6 Å². The van der Waals surface area contributed by atoms with Crippen molar-refractivity contribution in [2.45, 2.75) is 129 Å². The maximum absolute atomic E-state index is 14.4. The Morgan fingerprint density at radius 1 is 0.636 bits per heavy atom. The number of hydrogen-bond donors (Lipinski definition) is 10. The summed E-state index contributed by atoms with van der Waals surface area (Å²) in [5, 5.41) is 14.3. The summed E-state index contributed by atoms with van der Waals surface area (Å²) < 4.78 is 0. The van der Waals surface area contributed by atoms with Gasteiger partial charge in [0.1, 0.15) is 18.1 Å². The Balaban J connectivity index is 1.81. The molecule has 0 bridgehead atoms. The van der Waals surface area contributed by atoms with Crippen LogP contribution >= 0.6 is 0 Å². The Morgan fingerprint density at radius 2 is 1.24 bits per heavy atom. The number of nitrogens with zero attached hydrogens (tertiary/aromatic N) is 1. The second-order valence-corrected chi connectivity index (χ2v) is 16.7. The summed E-state index contributed by atoms with van der Waals surface area (Å²) in [7, 11) is 0. The number of aliphatic imine (C=N–C) groups is 1. The Morgan fingerprint density at radius 3 is 1.89 bits per heavy atom. The number of Topliss-reactive ketones (excluding diaryl/α,β-unsaturated/α-hetero) is 2. The van der Waals surface area contributed by atoms with Gasteiger partial charge in [-0.15, -0.1) is 0 Å². The SMILES string of the molecule is CCCC[C@H](NC(C)=O)C(=O)N[C@@H](C)C(=O)N[C@@H](CCCN)C(=O)N[C@H](Cc1ccccc1)C(=O)C[C@@H](CCCN=C(N)N)C(=O)N[C@@H](C)C(=O)C[C@@H](Cc1c[nH]c2ccccc12)C(N)=O. The first-order valence-corrected chi connectivity index (χ1v) is 22.6. The summed E-state index contributed by atoms with van der Waals surface area (Å²) in [5.74, 6) is -6.51. The van der Waals surface area contributed by atoms with E-state index in [1.165, 1.54) is 20.8 Å². The number of nitrogens with two attached hydrogens (primary N) is 4. The number of guanidine groups is 1. The van der Waals surface area contributed by atoms with Crippen molar-refractivity contribution in [1.29, 1.82) is 0 Å². The number of H-pyrrole nitrogens is 1. The highest BCUT2D eigenvalue weighted by atomic mass is 16.2. The molecule has 0 saturated heterocycles. The number of benzene rings is 2. The third-order valence-electron chi connectivity index (χ3n) is 11.3. The third kappa shape index (κ3) is 18.1. The summed E-state index contributed by atoms with van der Waals surface area (Å²) in [4.78, 5) is 114. The second-order valence-electron chi connectivity index (χ2n) is 16.7. The number of fused-ring (bicyclic) bond motifs is 1. The molecule has 7 atom stereocenters. The highest BCUT2D eigenvalue weighted by Crippen LogP contribution is 2.23. The molecule has 14 N–H and O–H groups in total. The van der Waals surface area contributed by atoms with Gasteiger partial charge < -0.3 is 54.5 Å². The minimum absolute atomic E-state index is 0.0416. The number of carbonyl (C=O) groups excluding carboxylic acids is 8. The van der Waals surface area contributed by atoms with E-state index in [0.29, 0.717) is 31.2 Å². The molecule has 19 nitrogen and oxygen atoms in total. The molecule has 1 heterocycles. The van der Waals surface area contributed by atoms with Gasteiger partial charge in [0.05, 0.1) is 12.1 Å². The number of unbranched alkanes of at least 4 members (excludes halogenated alkanes) is 1. The minimum atomic E-state index is -1.17. The Labute approximate surface area is 386 Å². The zero-order chi connectivity index (χ0) is 48.8. The molecule has 3 aromatic rings. The largest absolute Gasteiger partial charge is 0.370 e. The van der Waals surface area contributed by atoms with Crippen molar-refractivity contribution in [1.82, 2.24) is 31.6 Å². The van der Waals surface area contributed by atoms with E-state index in [9.17, 15) is 38.4 Å².